The number of aromatic nitrogens is 5. The molecule has 0 fully saturated rings. The molecule has 0 atom stereocenters. The highest BCUT2D eigenvalue weighted by atomic mass is 35.5. The fourth-order valence-corrected chi connectivity index (χ4v) is 5.08. The lowest BCUT2D eigenvalue weighted by molar-refractivity contribution is 0.814. The van der Waals surface area contributed by atoms with Crippen LogP contribution in [0.1, 0.15) is 5.56 Å². The van der Waals surface area contributed by atoms with Crippen molar-refractivity contribution in [1.29, 1.82) is 0 Å². The highest BCUT2D eigenvalue weighted by Crippen LogP contribution is 2.28. The number of hydrogen-bond donors (Lipinski definition) is 1. The Morgan fingerprint density at radius 3 is 2.66 bits per heavy atom. The summed E-state index contributed by atoms with van der Waals surface area (Å²) in [5.41, 5.74) is 5.93. The number of nitrogens with zero attached hydrogens (tertiary/aromatic N) is 5. The minimum atomic E-state index is 0.669. The number of para-hydroxylation sites is 1. The number of halogens is 1. The number of thioether (sulfide) groups is 1. The summed E-state index contributed by atoms with van der Waals surface area (Å²) in [7, 11) is 0. The van der Waals surface area contributed by atoms with Crippen LogP contribution < -0.4 is 5.32 Å². The van der Waals surface area contributed by atoms with Gasteiger partial charge in [0.15, 0.2) is 5.65 Å². The summed E-state index contributed by atoms with van der Waals surface area (Å²) < 4.78 is 2.23. The van der Waals surface area contributed by atoms with E-state index in [0.717, 1.165) is 57.5 Å². The van der Waals surface area contributed by atoms with Crippen molar-refractivity contribution in [3.63, 3.8) is 0 Å². The van der Waals surface area contributed by atoms with E-state index in [4.69, 9.17) is 16.6 Å². The number of nitrogens with one attached hydrogen (secondary N) is 1. The van der Waals surface area contributed by atoms with Crippen LogP contribution >= 0.6 is 23.4 Å². The molecule has 0 saturated carbocycles. The van der Waals surface area contributed by atoms with E-state index in [9.17, 15) is 0 Å². The van der Waals surface area contributed by atoms with Gasteiger partial charge < -0.3 is 9.88 Å². The van der Waals surface area contributed by atoms with Gasteiger partial charge in [-0.25, -0.2) is 4.98 Å². The fraction of sp³-hybridized carbons (Fsp3) is 0.111. The minimum absolute atomic E-state index is 0.669. The van der Waals surface area contributed by atoms with E-state index in [0.29, 0.717) is 10.2 Å². The van der Waals surface area contributed by atoms with Crippen LogP contribution in [-0.4, -0.2) is 37.0 Å². The van der Waals surface area contributed by atoms with Gasteiger partial charge in [0.05, 0.1) is 11.0 Å². The van der Waals surface area contributed by atoms with Crippen molar-refractivity contribution in [2.75, 3.05) is 17.6 Å². The quantitative estimate of drug-likeness (QED) is 0.203. The molecule has 0 spiro atoms. The lowest BCUT2D eigenvalue weighted by atomic mass is 10.2. The van der Waals surface area contributed by atoms with Crippen LogP contribution in [0.4, 0.5) is 5.69 Å². The van der Waals surface area contributed by atoms with Crippen molar-refractivity contribution < 1.29 is 0 Å². The first-order valence-electron chi connectivity index (χ1n) is 11.3. The Morgan fingerprint density at radius 1 is 0.886 bits per heavy atom. The third-order valence-electron chi connectivity index (χ3n) is 5.89. The Balaban J connectivity index is 1.23. The standard InChI is InChI=1S/C27H21ClN6S/c28-19-10-11-20-22(12-13-29-23(20)16-19)30-14-15-35-27-31-26-25(32-33-27)21-8-4-5-9-24(21)34(26)17-18-6-2-1-3-7-18/h1-13,16H,14-15,17H2,(H,29,30). The van der Waals surface area contributed by atoms with E-state index in [-0.39, 0.29) is 0 Å². The van der Waals surface area contributed by atoms with Crippen molar-refractivity contribution in [3.8, 4) is 0 Å². The molecule has 172 valence electrons. The van der Waals surface area contributed by atoms with Gasteiger partial charge in [-0.3, -0.25) is 4.98 Å². The number of rotatable bonds is 7. The first kappa shape index (κ1) is 21.8. The van der Waals surface area contributed by atoms with Gasteiger partial charge >= 0.3 is 0 Å². The summed E-state index contributed by atoms with van der Waals surface area (Å²) in [4.78, 5) is 9.32. The molecule has 6 rings (SSSR count). The Hall–Kier alpha value is -3.68. The van der Waals surface area contributed by atoms with Crippen molar-refractivity contribution in [1.82, 2.24) is 24.7 Å². The summed E-state index contributed by atoms with van der Waals surface area (Å²) in [6.45, 7) is 1.48. The summed E-state index contributed by atoms with van der Waals surface area (Å²) in [6.07, 6.45) is 1.79. The molecule has 0 aliphatic carbocycles. The molecule has 0 aliphatic rings. The van der Waals surface area contributed by atoms with E-state index in [1.807, 2.05) is 42.5 Å². The third-order valence-corrected chi connectivity index (χ3v) is 6.97. The molecular weight excluding hydrogens is 476 g/mol. The predicted octanol–water partition coefficient (Wildman–Crippen LogP) is 6.43. The number of fused-ring (bicyclic) bond motifs is 4. The summed E-state index contributed by atoms with van der Waals surface area (Å²) in [6, 6.07) is 26.4. The van der Waals surface area contributed by atoms with Gasteiger partial charge in [-0.1, -0.05) is 71.9 Å². The number of hydrogen-bond acceptors (Lipinski definition) is 6. The molecule has 0 saturated heterocycles. The van der Waals surface area contributed by atoms with Crippen molar-refractivity contribution >= 4 is 62.0 Å². The zero-order chi connectivity index (χ0) is 23.6. The molecule has 35 heavy (non-hydrogen) atoms. The molecule has 8 heteroatoms. The minimum Gasteiger partial charge on any atom is -0.384 e. The van der Waals surface area contributed by atoms with Gasteiger partial charge in [0.1, 0.15) is 5.52 Å². The maximum atomic E-state index is 6.10. The largest absolute Gasteiger partial charge is 0.384 e. The van der Waals surface area contributed by atoms with E-state index in [1.54, 1.807) is 18.0 Å². The Labute approximate surface area is 211 Å². The van der Waals surface area contributed by atoms with Crippen LogP contribution in [0.3, 0.4) is 0 Å². The van der Waals surface area contributed by atoms with Gasteiger partial charge in [-0.2, -0.15) is 0 Å². The zero-order valence-electron chi connectivity index (χ0n) is 18.7. The number of benzene rings is 3. The molecule has 3 aromatic heterocycles. The third kappa shape index (κ3) is 4.40. The second-order valence-electron chi connectivity index (χ2n) is 8.15. The highest BCUT2D eigenvalue weighted by Gasteiger charge is 2.15. The van der Waals surface area contributed by atoms with Crippen LogP contribution in [0, 0.1) is 0 Å². The molecule has 0 amide bonds. The smallest absolute Gasteiger partial charge is 0.211 e. The number of anilines is 1. The van der Waals surface area contributed by atoms with Crippen LogP contribution in [0.2, 0.25) is 5.02 Å². The maximum absolute atomic E-state index is 6.10. The summed E-state index contributed by atoms with van der Waals surface area (Å²) >= 11 is 7.69. The second kappa shape index (κ2) is 9.52. The topological polar surface area (TPSA) is 68.5 Å². The molecule has 0 aliphatic heterocycles. The Kier molecular flexibility index (Phi) is 5.94. The van der Waals surface area contributed by atoms with Crippen LogP contribution in [0.5, 0.6) is 0 Å². The summed E-state index contributed by atoms with van der Waals surface area (Å²) in [5, 5.41) is 15.9. The van der Waals surface area contributed by atoms with Gasteiger partial charge in [-0.15, -0.1) is 10.2 Å². The molecule has 6 nitrogen and oxygen atoms in total. The lowest BCUT2D eigenvalue weighted by Crippen LogP contribution is -2.06. The fourth-order valence-electron chi connectivity index (χ4n) is 4.28. The normalized spacial score (nSPS) is 11.5. The molecule has 0 bridgehead atoms. The van der Waals surface area contributed by atoms with Crippen molar-refractivity contribution in [2.24, 2.45) is 0 Å². The average molecular weight is 497 g/mol. The molecule has 3 heterocycles. The lowest BCUT2D eigenvalue weighted by Gasteiger charge is -2.09. The Bertz CT molecular complexity index is 1650. The molecule has 3 aromatic carbocycles. The van der Waals surface area contributed by atoms with Gasteiger partial charge in [0.2, 0.25) is 5.16 Å². The van der Waals surface area contributed by atoms with Crippen molar-refractivity contribution in [3.05, 3.63) is 95.6 Å². The van der Waals surface area contributed by atoms with Crippen LogP contribution in [0.25, 0.3) is 33.0 Å². The molecule has 6 aromatic rings. The SMILES string of the molecule is Clc1ccc2c(NCCSc3nnc4c5ccccc5n(Cc5ccccc5)c4n3)ccnc2c1. The number of pyridine rings is 1. The van der Waals surface area contributed by atoms with E-state index >= 15 is 0 Å². The highest BCUT2D eigenvalue weighted by molar-refractivity contribution is 7.99. The van der Waals surface area contributed by atoms with Crippen molar-refractivity contribution in [2.45, 2.75) is 11.7 Å². The van der Waals surface area contributed by atoms with Gasteiger partial charge in [0, 0.05) is 46.5 Å². The molecular formula is C27H21ClN6S. The monoisotopic (exact) mass is 496 g/mol. The van der Waals surface area contributed by atoms with Gasteiger partial charge in [0.25, 0.3) is 0 Å². The van der Waals surface area contributed by atoms with Gasteiger partial charge in [-0.05, 0) is 35.9 Å². The van der Waals surface area contributed by atoms with E-state index in [2.05, 4.69) is 61.5 Å². The molecule has 1 N–H and O–H groups in total. The average Bonchev–Trinajstić information content (AvgIpc) is 3.20. The van der Waals surface area contributed by atoms with Crippen LogP contribution in [0.15, 0.2) is 90.2 Å². The summed E-state index contributed by atoms with van der Waals surface area (Å²) in [5.74, 6) is 0.795. The van der Waals surface area contributed by atoms with Crippen LogP contribution in [-0.2, 0) is 6.54 Å². The molecule has 0 radical (unpaired) electrons. The van der Waals surface area contributed by atoms with E-state index in [1.165, 1.54) is 5.56 Å². The molecule has 0 unspecified atom stereocenters. The zero-order valence-corrected chi connectivity index (χ0v) is 20.3. The Morgan fingerprint density at radius 2 is 1.74 bits per heavy atom. The predicted molar refractivity (Wildman–Crippen MR) is 144 cm³/mol. The first-order valence-corrected chi connectivity index (χ1v) is 12.7. The first-order chi connectivity index (χ1) is 17.3. The van der Waals surface area contributed by atoms with E-state index < -0.39 is 0 Å². The maximum Gasteiger partial charge on any atom is 0.211 e. The second-order valence-corrected chi connectivity index (χ2v) is 9.65.